The molecule has 1 atom stereocenters. The predicted octanol–water partition coefficient (Wildman–Crippen LogP) is 3.75. The normalized spacial score (nSPS) is 11.6. The van der Waals surface area contributed by atoms with Gasteiger partial charge in [0.15, 0.2) is 0 Å². The van der Waals surface area contributed by atoms with Crippen LogP contribution in [0.5, 0.6) is 5.75 Å². The number of hydrogen-bond acceptors (Lipinski definition) is 7. The number of amides is 1. The number of rotatable bonds is 9. The molecule has 2 heterocycles. The van der Waals surface area contributed by atoms with Crippen LogP contribution in [0.25, 0.3) is 11.3 Å². The van der Waals surface area contributed by atoms with Crippen molar-refractivity contribution in [2.45, 2.75) is 26.7 Å². The van der Waals surface area contributed by atoms with E-state index in [0.29, 0.717) is 24.5 Å². The lowest BCUT2D eigenvalue weighted by molar-refractivity contribution is 0.0364. The van der Waals surface area contributed by atoms with Gasteiger partial charge < -0.3 is 10.1 Å². The van der Waals surface area contributed by atoms with Gasteiger partial charge in [0.05, 0.1) is 19.4 Å². The first-order chi connectivity index (χ1) is 15.0. The number of aromatic nitrogens is 3. The number of anilines is 1. The Morgan fingerprint density at radius 1 is 1.13 bits per heavy atom. The fourth-order valence-corrected chi connectivity index (χ4v) is 3.05. The summed E-state index contributed by atoms with van der Waals surface area (Å²) in [6.45, 7) is 6.86. The number of hydrogen-bond donors (Lipinski definition) is 2. The molecule has 162 valence electrons. The first kappa shape index (κ1) is 22.2. The second-order valence-corrected chi connectivity index (χ2v) is 7.08. The number of carbonyl (C=O) groups is 1. The lowest BCUT2D eigenvalue weighted by Gasteiger charge is -2.18. The highest BCUT2D eigenvalue weighted by molar-refractivity contribution is 5.94. The number of benzene rings is 1. The van der Waals surface area contributed by atoms with Crippen molar-refractivity contribution in [3.05, 3.63) is 65.7 Å². The van der Waals surface area contributed by atoms with E-state index < -0.39 is 0 Å². The molecule has 0 aliphatic rings. The Morgan fingerprint density at radius 2 is 1.97 bits per heavy atom. The highest BCUT2D eigenvalue weighted by Gasteiger charge is 2.15. The maximum Gasteiger partial charge on any atom is 0.274 e. The molecule has 0 radical (unpaired) electrons. The minimum absolute atomic E-state index is 0.110. The molecule has 31 heavy (non-hydrogen) atoms. The standard InChI is InChI=1S/C23H27N5O3/c1-5-31-28-23(29)17-8-9-19(21(10-17)30-4)15(2)12-25-22-11-20(26-14-27-22)18-7-6-16(3)24-13-18/h6-11,13-15H,5,12H2,1-4H3,(H,28,29)(H,25,26,27). The van der Waals surface area contributed by atoms with E-state index in [2.05, 4.69) is 32.7 Å². The van der Waals surface area contributed by atoms with Crippen LogP contribution in [-0.2, 0) is 4.84 Å². The van der Waals surface area contributed by atoms with Gasteiger partial charge >= 0.3 is 0 Å². The summed E-state index contributed by atoms with van der Waals surface area (Å²) in [5.41, 5.74) is 6.55. The van der Waals surface area contributed by atoms with Gasteiger partial charge in [0, 0.05) is 41.5 Å². The molecule has 0 aliphatic carbocycles. The number of hydroxylamine groups is 1. The highest BCUT2D eigenvalue weighted by Crippen LogP contribution is 2.28. The van der Waals surface area contributed by atoms with Gasteiger partial charge in [-0.05, 0) is 43.7 Å². The van der Waals surface area contributed by atoms with Gasteiger partial charge in [0.2, 0.25) is 0 Å². The lowest BCUT2D eigenvalue weighted by atomic mass is 9.98. The summed E-state index contributed by atoms with van der Waals surface area (Å²) in [7, 11) is 1.59. The maximum atomic E-state index is 12.1. The Balaban J connectivity index is 1.69. The number of aryl methyl sites for hydroxylation is 1. The Kier molecular flexibility index (Phi) is 7.50. The average molecular weight is 422 g/mol. The molecule has 0 saturated heterocycles. The summed E-state index contributed by atoms with van der Waals surface area (Å²) in [6, 6.07) is 11.2. The summed E-state index contributed by atoms with van der Waals surface area (Å²) in [4.78, 5) is 30.1. The van der Waals surface area contributed by atoms with Gasteiger partial charge in [-0.1, -0.05) is 13.0 Å². The zero-order chi connectivity index (χ0) is 22.2. The molecule has 1 amide bonds. The SMILES string of the molecule is CCONC(=O)c1ccc(C(C)CNc2cc(-c3ccc(C)nc3)ncn2)c(OC)c1. The highest BCUT2D eigenvalue weighted by atomic mass is 16.6. The first-order valence-corrected chi connectivity index (χ1v) is 10.1. The zero-order valence-electron chi connectivity index (χ0n) is 18.2. The van der Waals surface area contributed by atoms with Crippen molar-refractivity contribution in [2.24, 2.45) is 0 Å². The van der Waals surface area contributed by atoms with E-state index in [0.717, 1.165) is 28.3 Å². The number of nitrogens with zero attached hydrogens (tertiary/aromatic N) is 3. The molecular weight excluding hydrogens is 394 g/mol. The quantitative estimate of drug-likeness (QED) is 0.508. The van der Waals surface area contributed by atoms with E-state index in [-0.39, 0.29) is 11.8 Å². The van der Waals surface area contributed by atoms with Crippen LogP contribution in [0.2, 0.25) is 0 Å². The van der Waals surface area contributed by atoms with E-state index in [1.807, 2.05) is 31.2 Å². The van der Waals surface area contributed by atoms with Crippen LogP contribution >= 0.6 is 0 Å². The van der Waals surface area contributed by atoms with Crippen molar-refractivity contribution in [1.29, 1.82) is 0 Å². The molecule has 0 aliphatic heterocycles. The van der Waals surface area contributed by atoms with Crippen molar-refractivity contribution in [2.75, 3.05) is 25.6 Å². The molecule has 3 rings (SSSR count). The first-order valence-electron chi connectivity index (χ1n) is 10.1. The average Bonchev–Trinajstić information content (AvgIpc) is 2.81. The van der Waals surface area contributed by atoms with Gasteiger partial charge in [-0.3, -0.25) is 14.6 Å². The second kappa shape index (κ2) is 10.5. The molecular formula is C23H27N5O3. The molecule has 0 fully saturated rings. The number of methoxy groups -OCH3 is 1. The summed E-state index contributed by atoms with van der Waals surface area (Å²) in [6.07, 6.45) is 3.34. The Hall–Kier alpha value is -3.52. The van der Waals surface area contributed by atoms with E-state index in [1.54, 1.807) is 32.4 Å². The minimum Gasteiger partial charge on any atom is -0.496 e. The van der Waals surface area contributed by atoms with Crippen molar-refractivity contribution >= 4 is 11.7 Å². The summed E-state index contributed by atoms with van der Waals surface area (Å²) < 4.78 is 5.52. The van der Waals surface area contributed by atoms with E-state index in [1.165, 1.54) is 6.33 Å². The molecule has 0 spiro atoms. The van der Waals surface area contributed by atoms with Crippen LogP contribution in [0.3, 0.4) is 0 Å². The fourth-order valence-electron chi connectivity index (χ4n) is 3.05. The van der Waals surface area contributed by atoms with E-state index in [4.69, 9.17) is 9.57 Å². The van der Waals surface area contributed by atoms with Gasteiger partial charge in [-0.2, -0.15) is 0 Å². The molecule has 3 aromatic rings. The summed E-state index contributed by atoms with van der Waals surface area (Å²) in [5.74, 6) is 1.17. The van der Waals surface area contributed by atoms with Gasteiger partial charge in [-0.25, -0.2) is 15.4 Å². The fraction of sp³-hybridized carbons (Fsp3) is 0.304. The third-order valence-electron chi connectivity index (χ3n) is 4.80. The van der Waals surface area contributed by atoms with Crippen LogP contribution in [0.15, 0.2) is 48.9 Å². The van der Waals surface area contributed by atoms with Crippen LogP contribution in [0, 0.1) is 6.92 Å². The summed E-state index contributed by atoms with van der Waals surface area (Å²) >= 11 is 0. The molecule has 2 N–H and O–H groups in total. The van der Waals surface area contributed by atoms with Crippen LogP contribution < -0.4 is 15.5 Å². The topological polar surface area (TPSA) is 98.3 Å². The zero-order valence-corrected chi connectivity index (χ0v) is 18.2. The second-order valence-electron chi connectivity index (χ2n) is 7.08. The predicted molar refractivity (Wildman–Crippen MR) is 119 cm³/mol. The molecule has 0 saturated carbocycles. The van der Waals surface area contributed by atoms with Crippen molar-refractivity contribution < 1.29 is 14.4 Å². The van der Waals surface area contributed by atoms with Gasteiger partial charge in [0.25, 0.3) is 5.91 Å². The van der Waals surface area contributed by atoms with E-state index in [9.17, 15) is 4.79 Å². The third kappa shape index (κ3) is 5.76. The maximum absolute atomic E-state index is 12.1. The number of ether oxygens (including phenoxy) is 1. The minimum atomic E-state index is -0.309. The van der Waals surface area contributed by atoms with Crippen LogP contribution in [-0.4, -0.2) is 41.1 Å². The van der Waals surface area contributed by atoms with Crippen LogP contribution in [0.4, 0.5) is 5.82 Å². The lowest BCUT2D eigenvalue weighted by Crippen LogP contribution is -2.23. The van der Waals surface area contributed by atoms with Crippen LogP contribution in [0.1, 0.15) is 41.4 Å². The van der Waals surface area contributed by atoms with Gasteiger partial charge in [0.1, 0.15) is 17.9 Å². The number of carbonyl (C=O) groups excluding carboxylic acids is 1. The Morgan fingerprint density at radius 3 is 2.68 bits per heavy atom. The number of nitrogens with one attached hydrogen (secondary N) is 2. The van der Waals surface area contributed by atoms with Crippen molar-refractivity contribution in [3.8, 4) is 17.0 Å². The van der Waals surface area contributed by atoms with Crippen molar-refractivity contribution in [3.63, 3.8) is 0 Å². The van der Waals surface area contributed by atoms with E-state index >= 15 is 0 Å². The molecule has 8 nitrogen and oxygen atoms in total. The summed E-state index contributed by atoms with van der Waals surface area (Å²) in [5, 5.41) is 3.35. The largest absolute Gasteiger partial charge is 0.496 e. The van der Waals surface area contributed by atoms with Gasteiger partial charge in [-0.15, -0.1) is 0 Å². The Bertz CT molecular complexity index is 1020. The molecule has 2 aromatic heterocycles. The molecule has 1 aromatic carbocycles. The molecule has 8 heteroatoms. The monoisotopic (exact) mass is 421 g/mol. The smallest absolute Gasteiger partial charge is 0.274 e. The molecule has 0 bridgehead atoms. The van der Waals surface area contributed by atoms with Crippen molar-refractivity contribution in [1.82, 2.24) is 20.4 Å². The number of pyridine rings is 1. The molecule has 1 unspecified atom stereocenters. The third-order valence-corrected chi connectivity index (χ3v) is 4.80. The Labute approximate surface area is 182 Å².